The number of rotatable bonds is 6. The van der Waals surface area contributed by atoms with Gasteiger partial charge >= 0.3 is 6.01 Å². The van der Waals surface area contributed by atoms with Gasteiger partial charge in [0.2, 0.25) is 0 Å². The molecule has 1 aliphatic rings. The lowest BCUT2D eigenvalue weighted by Gasteiger charge is -2.35. The topological polar surface area (TPSA) is 58.5 Å². The molecule has 3 rings (SSSR count). The van der Waals surface area contributed by atoms with Crippen molar-refractivity contribution in [3.8, 4) is 11.8 Å². The number of phenols is 1. The van der Waals surface area contributed by atoms with Crippen molar-refractivity contribution in [3.63, 3.8) is 0 Å². The highest BCUT2D eigenvalue weighted by molar-refractivity contribution is 5.27. The van der Waals surface area contributed by atoms with Gasteiger partial charge in [-0.3, -0.25) is 4.90 Å². The zero-order chi connectivity index (χ0) is 16.8. The second-order valence-electron chi connectivity index (χ2n) is 6.41. The molecule has 0 aliphatic carbocycles. The van der Waals surface area contributed by atoms with E-state index in [0.717, 1.165) is 31.5 Å². The van der Waals surface area contributed by atoms with E-state index in [4.69, 9.17) is 4.74 Å². The van der Waals surface area contributed by atoms with Crippen molar-refractivity contribution in [2.75, 3.05) is 13.7 Å². The molecule has 1 aliphatic heterocycles. The summed E-state index contributed by atoms with van der Waals surface area (Å²) < 4.78 is 5.02. The molecule has 1 N–H and O–H groups in total. The minimum absolute atomic E-state index is 0.350. The van der Waals surface area contributed by atoms with Crippen LogP contribution in [-0.2, 0) is 13.0 Å². The molecule has 0 saturated carbocycles. The van der Waals surface area contributed by atoms with E-state index in [2.05, 4.69) is 20.9 Å². The molecule has 0 amide bonds. The van der Waals surface area contributed by atoms with Gasteiger partial charge in [0.05, 0.1) is 7.11 Å². The van der Waals surface area contributed by atoms with Gasteiger partial charge < -0.3 is 9.84 Å². The van der Waals surface area contributed by atoms with Crippen LogP contribution in [0.5, 0.6) is 11.8 Å². The van der Waals surface area contributed by atoms with Gasteiger partial charge in [-0.25, -0.2) is 9.97 Å². The van der Waals surface area contributed by atoms with Crippen molar-refractivity contribution < 1.29 is 9.84 Å². The molecule has 2 aromatic rings. The summed E-state index contributed by atoms with van der Waals surface area (Å²) in [5.74, 6) is 0.350. The molecule has 1 fully saturated rings. The second kappa shape index (κ2) is 8.11. The van der Waals surface area contributed by atoms with E-state index < -0.39 is 0 Å². The average molecular weight is 327 g/mol. The first-order valence-electron chi connectivity index (χ1n) is 8.61. The Morgan fingerprint density at radius 2 is 2.04 bits per heavy atom. The van der Waals surface area contributed by atoms with E-state index in [1.54, 1.807) is 13.2 Å². The number of nitrogens with zero attached hydrogens (tertiary/aromatic N) is 3. The molecule has 24 heavy (non-hydrogen) atoms. The molecule has 1 atom stereocenters. The second-order valence-corrected chi connectivity index (χ2v) is 6.41. The van der Waals surface area contributed by atoms with Crippen LogP contribution >= 0.6 is 0 Å². The predicted octanol–water partition coefficient (Wildman–Crippen LogP) is 3.18. The number of ether oxygens (including phenoxy) is 1. The molecule has 128 valence electrons. The van der Waals surface area contributed by atoms with Crippen molar-refractivity contribution in [1.82, 2.24) is 14.9 Å². The first-order chi connectivity index (χ1) is 11.7. The summed E-state index contributed by atoms with van der Waals surface area (Å²) in [6.07, 6.45) is 9.59. The number of benzene rings is 1. The lowest BCUT2D eigenvalue weighted by atomic mass is 9.95. The Balaban J connectivity index is 1.60. The van der Waals surface area contributed by atoms with E-state index in [1.807, 2.05) is 24.5 Å². The number of aryl methyl sites for hydroxylation is 1. The zero-order valence-electron chi connectivity index (χ0n) is 14.2. The minimum atomic E-state index is 0.350. The standard InChI is InChI=1S/C19H25N3O2/c1-24-19-20-12-16(13-21-19)14-22-10-3-2-6-17(22)9-8-15-5-4-7-18(23)11-15/h4-5,7,11-13,17,23H,2-3,6,8-10,14H2,1H3/t17-/m1/s1. The van der Waals surface area contributed by atoms with Gasteiger partial charge in [0.25, 0.3) is 0 Å². The fourth-order valence-electron chi connectivity index (χ4n) is 3.40. The molecule has 0 unspecified atom stereocenters. The van der Waals surface area contributed by atoms with Gasteiger partial charge in [-0.2, -0.15) is 0 Å². The Morgan fingerprint density at radius 1 is 1.21 bits per heavy atom. The van der Waals surface area contributed by atoms with Crippen LogP contribution in [0.2, 0.25) is 0 Å². The number of hydrogen-bond acceptors (Lipinski definition) is 5. The molecule has 5 heteroatoms. The highest BCUT2D eigenvalue weighted by Gasteiger charge is 2.22. The van der Waals surface area contributed by atoms with E-state index in [-0.39, 0.29) is 0 Å². The summed E-state index contributed by atoms with van der Waals surface area (Å²) in [4.78, 5) is 10.9. The molecule has 1 aromatic heterocycles. The first-order valence-corrected chi connectivity index (χ1v) is 8.61. The lowest BCUT2D eigenvalue weighted by Crippen LogP contribution is -2.39. The fourth-order valence-corrected chi connectivity index (χ4v) is 3.40. The monoisotopic (exact) mass is 327 g/mol. The maximum atomic E-state index is 9.61. The Hall–Kier alpha value is -2.14. The van der Waals surface area contributed by atoms with E-state index >= 15 is 0 Å². The van der Waals surface area contributed by atoms with Gasteiger partial charge in [0, 0.05) is 30.5 Å². The number of piperidine rings is 1. The summed E-state index contributed by atoms with van der Waals surface area (Å²) in [7, 11) is 1.58. The Bertz CT molecular complexity index is 645. The van der Waals surface area contributed by atoms with E-state index in [0.29, 0.717) is 17.8 Å². The number of hydrogen-bond donors (Lipinski definition) is 1. The summed E-state index contributed by atoms with van der Waals surface area (Å²) in [5, 5.41) is 9.61. The largest absolute Gasteiger partial charge is 0.508 e. The van der Waals surface area contributed by atoms with Crippen molar-refractivity contribution in [2.45, 2.75) is 44.7 Å². The van der Waals surface area contributed by atoms with Gasteiger partial charge in [-0.05, 0) is 49.9 Å². The number of aromatic nitrogens is 2. The quantitative estimate of drug-likeness (QED) is 0.883. The van der Waals surface area contributed by atoms with Crippen molar-refractivity contribution in [1.29, 1.82) is 0 Å². The highest BCUT2D eigenvalue weighted by atomic mass is 16.5. The maximum absolute atomic E-state index is 9.61. The van der Waals surface area contributed by atoms with Crippen molar-refractivity contribution >= 4 is 0 Å². The first kappa shape index (κ1) is 16.7. The van der Waals surface area contributed by atoms with E-state index in [1.165, 1.54) is 24.8 Å². The maximum Gasteiger partial charge on any atom is 0.316 e. The van der Waals surface area contributed by atoms with Crippen molar-refractivity contribution in [3.05, 3.63) is 47.8 Å². The average Bonchev–Trinajstić information content (AvgIpc) is 2.62. The predicted molar refractivity (Wildman–Crippen MR) is 93.1 cm³/mol. The van der Waals surface area contributed by atoms with Crippen molar-refractivity contribution in [2.24, 2.45) is 0 Å². The van der Waals surface area contributed by atoms with Crippen LogP contribution in [0.25, 0.3) is 0 Å². The van der Waals surface area contributed by atoms with Gasteiger partial charge in [0.15, 0.2) is 0 Å². The number of phenolic OH excluding ortho intramolecular Hbond substituents is 1. The van der Waals surface area contributed by atoms with Gasteiger partial charge in [-0.15, -0.1) is 0 Å². The van der Waals surface area contributed by atoms with E-state index in [9.17, 15) is 5.11 Å². The SMILES string of the molecule is COc1ncc(CN2CCCC[C@@H]2CCc2cccc(O)c2)cn1. The minimum Gasteiger partial charge on any atom is -0.508 e. The Morgan fingerprint density at radius 3 is 2.79 bits per heavy atom. The third-order valence-electron chi connectivity index (χ3n) is 4.68. The Labute approximate surface area is 143 Å². The summed E-state index contributed by atoms with van der Waals surface area (Å²) in [6.45, 7) is 2.01. The fraction of sp³-hybridized carbons (Fsp3) is 0.474. The summed E-state index contributed by atoms with van der Waals surface area (Å²) in [5.41, 5.74) is 2.33. The molecule has 1 aromatic carbocycles. The third-order valence-corrected chi connectivity index (χ3v) is 4.68. The van der Waals surface area contributed by atoms with Crippen LogP contribution in [0.3, 0.4) is 0 Å². The molecule has 2 heterocycles. The number of methoxy groups -OCH3 is 1. The number of aromatic hydroxyl groups is 1. The lowest BCUT2D eigenvalue weighted by molar-refractivity contribution is 0.132. The Kier molecular flexibility index (Phi) is 5.64. The molecular formula is C19H25N3O2. The molecule has 0 spiro atoms. The van der Waals surface area contributed by atoms with Crippen LogP contribution < -0.4 is 4.74 Å². The van der Waals surface area contributed by atoms with Crippen LogP contribution in [0, 0.1) is 0 Å². The zero-order valence-corrected chi connectivity index (χ0v) is 14.2. The molecular weight excluding hydrogens is 302 g/mol. The van der Waals surface area contributed by atoms with Gasteiger partial charge in [-0.1, -0.05) is 18.6 Å². The molecule has 1 saturated heterocycles. The molecule has 0 radical (unpaired) electrons. The third kappa shape index (κ3) is 4.45. The summed E-state index contributed by atoms with van der Waals surface area (Å²) in [6, 6.07) is 8.58. The van der Waals surface area contributed by atoms with Gasteiger partial charge in [0.1, 0.15) is 5.75 Å². The van der Waals surface area contributed by atoms with Crippen LogP contribution in [-0.4, -0.2) is 39.7 Å². The summed E-state index contributed by atoms with van der Waals surface area (Å²) >= 11 is 0. The van der Waals surface area contributed by atoms with Crippen LogP contribution in [0.1, 0.15) is 36.8 Å². The van der Waals surface area contributed by atoms with Crippen LogP contribution in [0.4, 0.5) is 0 Å². The smallest absolute Gasteiger partial charge is 0.316 e. The molecule has 5 nitrogen and oxygen atoms in total. The number of likely N-dealkylation sites (tertiary alicyclic amines) is 1. The molecule has 0 bridgehead atoms. The highest BCUT2D eigenvalue weighted by Crippen LogP contribution is 2.24. The van der Waals surface area contributed by atoms with Crippen LogP contribution in [0.15, 0.2) is 36.7 Å². The normalized spacial score (nSPS) is 18.5.